The molecule has 5 heteroatoms. The molecule has 126 valence electrons. The summed E-state index contributed by atoms with van der Waals surface area (Å²) >= 11 is 0. The van der Waals surface area contributed by atoms with E-state index in [-0.39, 0.29) is 17.0 Å². The molecule has 5 nitrogen and oxygen atoms in total. The molecule has 2 aliphatic heterocycles. The number of aryl methyl sites for hydroxylation is 2. The van der Waals surface area contributed by atoms with E-state index in [4.69, 9.17) is 11.4 Å². The number of imidazole rings is 1. The Labute approximate surface area is 147 Å². The number of likely N-dealkylation sites (tertiary alicyclic amines) is 1. The predicted molar refractivity (Wildman–Crippen MR) is 100 cm³/mol. The van der Waals surface area contributed by atoms with Crippen LogP contribution >= 0.6 is 0 Å². The summed E-state index contributed by atoms with van der Waals surface area (Å²) < 4.78 is 2.39. The average molecular weight is 331 g/mol. The van der Waals surface area contributed by atoms with Gasteiger partial charge in [-0.05, 0) is 37.9 Å². The van der Waals surface area contributed by atoms with Gasteiger partial charge in [0.05, 0.1) is 23.5 Å². The molecule has 0 amide bonds. The van der Waals surface area contributed by atoms with Gasteiger partial charge in [0.1, 0.15) is 16.9 Å². The molecule has 3 aliphatic rings. The number of rotatable bonds is 4. The summed E-state index contributed by atoms with van der Waals surface area (Å²) in [6, 6.07) is 6.44. The molecule has 1 saturated carbocycles. The molecule has 0 spiro atoms. The highest BCUT2D eigenvalue weighted by atomic mass is 15.3. The first kappa shape index (κ1) is 14.9. The smallest absolute Gasteiger partial charge is 0.124 e. The molecule has 1 unspecified atom stereocenters. The van der Waals surface area contributed by atoms with Crippen LogP contribution in [0.1, 0.15) is 17.8 Å². The molecule has 25 heavy (non-hydrogen) atoms. The Bertz CT molecular complexity index is 927. The van der Waals surface area contributed by atoms with Crippen molar-refractivity contribution in [3.8, 4) is 12.3 Å². The number of terminal acetylenes is 1. The third-order valence-corrected chi connectivity index (χ3v) is 6.40. The lowest BCUT2D eigenvalue weighted by Gasteiger charge is -2.22. The fourth-order valence-corrected chi connectivity index (χ4v) is 5.20. The SMILES string of the molecule is C#CC1[C@@]2(N=C)CN(Cc3nc4cccc5c4n3CCC5)C[C@@]12N=C. The van der Waals surface area contributed by atoms with Crippen LogP contribution in [0, 0.1) is 18.3 Å². The Morgan fingerprint density at radius 2 is 2.04 bits per heavy atom. The summed E-state index contributed by atoms with van der Waals surface area (Å²) in [5.41, 5.74) is 3.10. The molecule has 2 aromatic rings. The maximum absolute atomic E-state index is 5.70. The fourth-order valence-electron chi connectivity index (χ4n) is 5.20. The van der Waals surface area contributed by atoms with Crippen molar-refractivity contribution in [3.05, 3.63) is 29.6 Å². The third-order valence-electron chi connectivity index (χ3n) is 6.40. The van der Waals surface area contributed by atoms with E-state index in [2.05, 4.69) is 57.0 Å². The highest BCUT2D eigenvalue weighted by molar-refractivity contribution is 5.80. The van der Waals surface area contributed by atoms with Gasteiger partial charge in [0.15, 0.2) is 0 Å². The van der Waals surface area contributed by atoms with Crippen LogP contribution in [0.5, 0.6) is 0 Å². The first-order valence-electron chi connectivity index (χ1n) is 8.80. The molecule has 0 bridgehead atoms. The van der Waals surface area contributed by atoms with Gasteiger partial charge in [-0.1, -0.05) is 18.1 Å². The first-order chi connectivity index (χ1) is 12.2. The van der Waals surface area contributed by atoms with E-state index in [1.54, 1.807) is 0 Å². The molecular weight excluding hydrogens is 310 g/mol. The zero-order chi connectivity index (χ0) is 17.2. The summed E-state index contributed by atoms with van der Waals surface area (Å²) in [6.45, 7) is 11.0. The van der Waals surface area contributed by atoms with Crippen molar-refractivity contribution in [1.29, 1.82) is 0 Å². The number of fused-ring (bicyclic) bond motifs is 1. The molecule has 1 aromatic heterocycles. The Hall–Kier alpha value is -2.45. The molecule has 5 rings (SSSR count). The Balaban J connectivity index is 1.48. The monoisotopic (exact) mass is 331 g/mol. The van der Waals surface area contributed by atoms with Gasteiger partial charge < -0.3 is 4.57 Å². The van der Waals surface area contributed by atoms with Crippen molar-refractivity contribution < 1.29 is 0 Å². The van der Waals surface area contributed by atoms with E-state index in [0.717, 1.165) is 43.9 Å². The second-order valence-electron chi connectivity index (χ2n) is 7.48. The minimum absolute atomic E-state index is 0.0237. The van der Waals surface area contributed by atoms with E-state index < -0.39 is 0 Å². The van der Waals surface area contributed by atoms with Gasteiger partial charge in [-0.2, -0.15) is 0 Å². The van der Waals surface area contributed by atoms with Gasteiger partial charge >= 0.3 is 0 Å². The Kier molecular flexibility index (Phi) is 2.85. The predicted octanol–water partition coefficient (Wildman–Crippen LogP) is 1.94. The van der Waals surface area contributed by atoms with Crippen LogP contribution in [0.15, 0.2) is 28.2 Å². The van der Waals surface area contributed by atoms with Gasteiger partial charge in [-0.15, -0.1) is 6.42 Å². The largest absolute Gasteiger partial charge is 0.327 e. The van der Waals surface area contributed by atoms with Crippen LogP contribution in [0.4, 0.5) is 0 Å². The molecule has 1 aliphatic carbocycles. The van der Waals surface area contributed by atoms with Crippen LogP contribution in [0.3, 0.4) is 0 Å². The molecule has 1 aromatic carbocycles. The van der Waals surface area contributed by atoms with Gasteiger partial charge in [0, 0.05) is 19.6 Å². The zero-order valence-corrected chi connectivity index (χ0v) is 14.3. The van der Waals surface area contributed by atoms with Gasteiger partial charge in [0.25, 0.3) is 0 Å². The van der Waals surface area contributed by atoms with Crippen LogP contribution in [0.2, 0.25) is 0 Å². The third kappa shape index (κ3) is 1.65. The summed E-state index contributed by atoms with van der Waals surface area (Å²) in [4.78, 5) is 16.1. The lowest BCUT2D eigenvalue weighted by Crippen LogP contribution is -2.31. The van der Waals surface area contributed by atoms with Crippen molar-refractivity contribution in [2.45, 2.75) is 37.0 Å². The molecular formula is C20H21N5. The first-order valence-corrected chi connectivity index (χ1v) is 8.80. The van der Waals surface area contributed by atoms with Crippen LogP contribution in [-0.4, -0.2) is 52.1 Å². The maximum Gasteiger partial charge on any atom is 0.124 e. The van der Waals surface area contributed by atoms with Gasteiger partial charge in [-0.25, -0.2) is 4.98 Å². The number of para-hydroxylation sites is 1. The fraction of sp³-hybridized carbons (Fsp3) is 0.450. The molecule has 3 heterocycles. The highest BCUT2D eigenvalue weighted by Gasteiger charge is 2.81. The Morgan fingerprint density at radius 1 is 1.28 bits per heavy atom. The van der Waals surface area contributed by atoms with Gasteiger partial charge in [-0.3, -0.25) is 14.9 Å². The molecule has 0 radical (unpaired) electrons. The van der Waals surface area contributed by atoms with Crippen molar-refractivity contribution in [2.75, 3.05) is 13.1 Å². The molecule has 3 atom stereocenters. The molecule has 2 fully saturated rings. The van der Waals surface area contributed by atoms with Gasteiger partial charge in [0.2, 0.25) is 0 Å². The second-order valence-corrected chi connectivity index (χ2v) is 7.48. The Morgan fingerprint density at radius 3 is 2.72 bits per heavy atom. The second kappa shape index (κ2) is 4.80. The number of piperidine rings is 1. The van der Waals surface area contributed by atoms with Crippen LogP contribution < -0.4 is 0 Å². The van der Waals surface area contributed by atoms with E-state index in [1.165, 1.54) is 17.5 Å². The van der Waals surface area contributed by atoms with E-state index >= 15 is 0 Å². The van der Waals surface area contributed by atoms with E-state index in [0.29, 0.717) is 0 Å². The summed E-state index contributed by atoms with van der Waals surface area (Å²) in [5, 5.41) is 0. The average Bonchev–Trinajstić information content (AvgIpc) is 2.88. The summed E-state index contributed by atoms with van der Waals surface area (Å²) in [6.07, 6.45) is 8.02. The van der Waals surface area contributed by atoms with Crippen molar-refractivity contribution in [3.63, 3.8) is 0 Å². The normalized spacial score (nSPS) is 33.0. The summed E-state index contributed by atoms with van der Waals surface area (Å²) in [7, 11) is 0. The van der Waals surface area contributed by atoms with Crippen molar-refractivity contribution >= 4 is 24.5 Å². The van der Waals surface area contributed by atoms with Crippen LogP contribution in [-0.2, 0) is 19.5 Å². The summed E-state index contributed by atoms with van der Waals surface area (Å²) in [5.74, 6) is 4.00. The van der Waals surface area contributed by atoms with Crippen molar-refractivity contribution in [2.24, 2.45) is 15.9 Å². The number of aliphatic imine (C=N–C) groups is 2. The topological polar surface area (TPSA) is 45.8 Å². The molecule has 0 N–H and O–H groups in total. The van der Waals surface area contributed by atoms with Crippen molar-refractivity contribution in [1.82, 2.24) is 14.5 Å². The standard InChI is InChI=1S/C20H21N5/c1-4-16-19(21-2)12-24(13-20(16,19)22-3)11-17-23-15-9-5-7-14-8-6-10-25(17)18(14)15/h1,5,7,9,16H,2-3,6,8,10-13H2/t16?,19-,20+. The number of benzene rings is 1. The van der Waals surface area contributed by atoms with Crippen LogP contribution in [0.25, 0.3) is 11.0 Å². The van der Waals surface area contributed by atoms with E-state index in [9.17, 15) is 0 Å². The lowest BCUT2D eigenvalue weighted by atomic mass is 10.0. The number of aromatic nitrogens is 2. The maximum atomic E-state index is 5.70. The minimum atomic E-state index is -0.359. The highest BCUT2D eigenvalue weighted by Crippen LogP contribution is 2.63. The number of nitrogens with zero attached hydrogens (tertiary/aromatic N) is 5. The quantitative estimate of drug-likeness (QED) is 0.635. The number of hydrogen-bond donors (Lipinski definition) is 0. The minimum Gasteiger partial charge on any atom is -0.327 e. The molecule has 1 saturated heterocycles. The zero-order valence-electron chi connectivity index (χ0n) is 14.3. The lowest BCUT2D eigenvalue weighted by molar-refractivity contribution is 0.265. The number of hydrogen-bond acceptors (Lipinski definition) is 4. The van der Waals surface area contributed by atoms with E-state index in [1.807, 2.05) is 0 Å².